The summed E-state index contributed by atoms with van der Waals surface area (Å²) >= 11 is 2.40. The Kier molecular flexibility index (Phi) is 5.37. The lowest BCUT2D eigenvalue weighted by Gasteiger charge is -2.02. The Bertz CT molecular complexity index is 1010. The maximum Gasteiger partial charge on any atom is 0.272 e. The minimum absolute atomic E-state index is 0.0312. The highest BCUT2D eigenvalue weighted by Crippen LogP contribution is 2.29. The molecule has 1 amide bonds. The van der Waals surface area contributed by atoms with Crippen LogP contribution < -0.4 is 11.2 Å². The van der Waals surface area contributed by atoms with E-state index >= 15 is 0 Å². The van der Waals surface area contributed by atoms with E-state index in [1.54, 1.807) is 31.4 Å². The molecule has 0 radical (unpaired) electrons. The molecule has 1 aromatic carbocycles. The first kappa shape index (κ1) is 18.8. The number of hydrogen-bond donors (Lipinski definition) is 2. The SMILES string of the molecule is Cc1ccc(-c2csc(NC(=O)CSc3nnc(C)n3N)n2)cc1[N+](=O)[O-]. The zero-order chi connectivity index (χ0) is 19.6. The molecule has 0 aliphatic rings. The number of rotatable bonds is 6. The minimum Gasteiger partial charge on any atom is -0.336 e. The first-order valence-corrected chi connectivity index (χ1v) is 9.52. The second-order valence-corrected chi connectivity index (χ2v) is 7.33. The lowest BCUT2D eigenvalue weighted by atomic mass is 10.1. The number of nitro benzene ring substituents is 1. The minimum atomic E-state index is -0.428. The lowest BCUT2D eigenvalue weighted by molar-refractivity contribution is -0.385. The smallest absolute Gasteiger partial charge is 0.272 e. The number of nitrogen functional groups attached to an aromatic ring is 1. The van der Waals surface area contributed by atoms with Crippen molar-refractivity contribution in [3.8, 4) is 11.3 Å². The number of carbonyl (C=O) groups excluding carboxylic acids is 1. The summed E-state index contributed by atoms with van der Waals surface area (Å²) in [7, 11) is 0. The van der Waals surface area contributed by atoms with Crippen LogP contribution in [0.1, 0.15) is 11.4 Å². The van der Waals surface area contributed by atoms with Crippen molar-refractivity contribution in [2.75, 3.05) is 16.9 Å². The largest absolute Gasteiger partial charge is 0.336 e. The summed E-state index contributed by atoms with van der Waals surface area (Å²) in [4.78, 5) is 27.1. The molecule has 10 nitrogen and oxygen atoms in total. The third-order valence-corrected chi connectivity index (χ3v) is 5.32. The molecule has 12 heteroatoms. The van der Waals surface area contributed by atoms with Gasteiger partial charge in [-0.05, 0) is 13.8 Å². The van der Waals surface area contributed by atoms with E-state index in [1.165, 1.54) is 22.1 Å². The number of thioether (sulfide) groups is 1. The molecule has 2 aromatic heterocycles. The molecular formula is C15H15N7O3S2. The fraction of sp³-hybridized carbons (Fsp3) is 0.200. The molecular weight excluding hydrogens is 390 g/mol. The number of nitrogens with one attached hydrogen (secondary N) is 1. The Labute approximate surface area is 161 Å². The number of aromatic nitrogens is 4. The van der Waals surface area contributed by atoms with Crippen LogP contribution in [0.25, 0.3) is 11.3 Å². The Balaban J connectivity index is 1.65. The van der Waals surface area contributed by atoms with Crippen LogP contribution in [0.2, 0.25) is 0 Å². The van der Waals surface area contributed by atoms with Gasteiger partial charge in [0.25, 0.3) is 5.69 Å². The molecule has 0 fully saturated rings. The van der Waals surface area contributed by atoms with E-state index in [0.29, 0.717) is 32.9 Å². The summed E-state index contributed by atoms with van der Waals surface area (Å²) < 4.78 is 1.31. The Morgan fingerprint density at radius 3 is 2.85 bits per heavy atom. The molecule has 0 saturated carbocycles. The highest BCUT2D eigenvalue weighted by atomic mass is 32.2. The van der Waals surface area contributed by atoms with Crippen molar-refractivity contribution in [1.29, 1.82) is 0 Å². The molecule has 3 rings (SSSR count). The number of thiazole rings is 1. The molecule has 0 unspecified atom stereocenters. The van der Waals surface area contributed by atoms with E-state index in [2.05, 4.69) is 20.5 Å². The van der Waals surface area contributed by atoms with Crippen molar-refractivity contribution in [3.63, 3.8) is 0 Å². The van der Waals surface area contributed by atoms with E-state index in [-0.39, 0.29) is 17.3 Å². The third kappa shape index (κ3) is 4.23. The maximum atomic E-state index is 12.1. The molecule has 0 atom stereocenters. The van der Waals surface area contributed by atoms with Crippen LogP contribution in [0, 0.1) is 24.0 Å². The van der Waals surface area contributed by atoms with Crippen molar-refractivity contribution in [3.05, 3.63) is 45.1 Å². The average Bonchev–Trinajstić information content (AvgIpc) is 3.21. The fourth-order valence-corrected chi connectivity index (χ4v) is 3.60. The molecule has 0 aliphatic heterocycles. The molecule has 0 bridgehead atoms. The van der Waals surface area contributed by atoms with Gasteiger partial charge in [-0.15, -0.1) is 21.5 Å². The maximum absolute atomic E-state index is 12.1. The van der Waals surface area contributed by atoms with Crippen LogP contribution in [-0.2, 0) is 4.79 Å². The molecule has 2 heterocycles. The number of nitrogens with zero attached hydrogens (tertiary/aromatic N) is 5. The molecule has 3 N–H and O–H groups in total. The summed E-state index contributed by atoms with van der Waals surface area (Å²) in [5.74, 6) is 6.11. The number of amides is 1. The van der Waals surface area contributed by atoms with Crippen molar-refractivity contribution in [1.82, 2.24) is 19.9 Å². The number of benzene rings is 1. The van der Waals surface area contributed by atoms with Gasteiger partial charge in [-0.3, -0.25) is 14.9 Å². The van der Waals surface area contributed by atoms with Gasteiger partial charge < -0.3 is 11.2 Å². The van der Waals surface area contributed by atoms with Crippen LogP contribution >= 0.6 is 23.1 Å². The third-order valence-electron chi connectivity index (χ3n) is 3.62. The van der Waals surface area contributed by atoms with E-state index in [1.807, 2.05) is 0 Å². The molecule has 3 aromatic rings. The fourth-order valence-electron chi connectivity index (χ4n) is 2.16. The van der Waals surface area contributed by atoms with Gasteiger partial charge in [0.15, 0.2) is 5.13 Å². The van der Waals surface area contributed by atoms with Gasteiger partial charge in [-0.1, -0.05) is 23.9 Å². The highest BCUT2D eigenvalue weighted by Gasteiger charge is 2.15. The number of nitro groups is 1. The first-order valence-electron chi connectivity index (χ1n) is 7.66. The van der Waals surface area contributed by atoms with Gasteiger partial charge in [0, 0.05) is 22.6 Å². The summed E-state index contributed by atoms with van der Waals surface area (Å²) in [6.45, 7) is 3.39. The second-order valence-electron chi connectivity index (χ2n) is 5.53. The van der Waals surface area contributed by atoms with Crippen molar-refractivity contribution in [2.45, 2.75) is 19.0 Å². The predicted molar refractivity (Wildman–Crippen MR) is 103 cm³/mol. The number of aryl methyl sites for hydroxylation is 2. The number of anilines is 1. The monoisotopic (exact) mass is 405 g/mol. The normalized spacial score (nSPS) is 10.7. The van der Waals surface area contributed by atoms with Gasteiger partial charge in [-0.25, -0.2) is 9.66 Å². The van der Waals surface area contributed by atoms with Gasteiger partial charge in [0.05, 0.1) is 16.4 Å². The average molecular weight is 405 g/mol. The second kappa shape index (κ2) is 7.72. The van der Waals surface area contributed by atoms with E-state index in [0.717, 1.165) is 11.8 Å². The van der Waals surface area contributed by atoms with Crippen molar-refractivity contribution in [2.24, 2.45) is 0 Å². The Morgan fingerprint density at radius 2 is 2.19 bits per heavy atom. The number of hydrogen-bond acceptors (Lipinski definition) is 9. The Hall–Kier alpha value is -2.99. The van der Waals surface area contributed by atoms with E-state index in [9.17, 15) is 14.9 Å². The quantitative estimate of drug-likeness (QED) is 0.275. The molecule has 0 spiro atoms. The van der Waals surface area contributed by atoms with Gasteiger partial charge in [0.2, 0.25) is 11.1 Å². The molecule has 140 valence electrons. The van der Waals surface area contributed by atoms with Crippen LogP contribution in [0.3, 0.4) is 0 Å². The summed E-state index contributed by atoms with van der Waals surface area (Å²) in [5.41, 5.74) is 1.78. The van der Waals surface area contributed by atoms with Crippen LogP contribution in [0.15, 0.2) is 28.7 Å². The van der Waals surface area contributed by atoms with Crippen LogP contribution in [-0.4, -0.2) is 36.4 Å². The zero-order valence-electron chi connectivity index (χ0n) is 14.4. The standard InChI is InChI=1S/C15H15N7O3S2/c1-8-3-4-10(5-12(8)22(24)25)11-6-26-14(17-11)18-13(23)7-27-15-20-19-9(2)21(15)16/h3-6H,7,16H2,1-2H3,(H,17,18,23). The molecule has 0 saturated heterocycles. The van der Waals surface area contributed by atoms with Gasteiger partial charge in [0.1, 0.15) is 5.82 Å². The van der Waals surface area contributed by atoms with Crippen LogP contribution in [0.5, 0.6) is 0 Å². The number of carbonyl (C=O) groups is 1. The molecule has 0 aliphatic carbocycles. The van der Waals surface area contributed by atoms with Gasteiger partial charge in [-0.2, -0.15) is 0 Å². The van der Waals surface area contributed by atoms with Crippen molar-refractivity contribution >= 4 is 39.8 Å². The van der Waals surface area contributed by atoms with Crippen LogP contribution in [0.4, 0.5) is 10.8 Å². The topological polar surface area (TPSA) is 142 Å². The number of nitrogens with two attached hydrogens (primary N) is 1. The highest BCUT2D eigenvalue weighted by molar-refractivity contribution is 7.99. The van der Waals surface area contributed by atoms with Gasteiger partial charge >= 0.3 is 0 Å². The Morgan fingerprint density at radius 1 is 1.41 bits per heavy atom. The molecule has 27 heavy (non-hydrogen) atoms. The summed E-state index contributed by atoms with van der Waals surface area (Å²) in [5, 5.41) is 24.0. The van der Waals surface area contributed by atoms with Crippen molar-refractivity contribution < 1.29 is 9.72 Å². The summed E-state index contributed by atoms with van der Waals surface area (Å²) in [6.07, 6.45) is 0. The summed E-state index contributed by atoms with van der Waals surface area (Å²) in [6, 6.07) is 4.91. The first-order chi connectivity index (χ1) is 12.8. The predicted octanol–water partition coefficient (Wildman–Crippen LogP) is 2.37. The lowest BCUT2D eigenvalue weighted by Crippen LogP contribution is -2.16. The van der Waals surface area contributed by atoms with E-state index < -0.39 is 4.92 Å². The zero-order valence-corrected chi connectivity index (χ0v) is 16.0. The van der Waals surface area contributed by atoms with E-state index in [4.69, 9.17) is 5.84 Å².